The van der Waals surface area contributed by atoms with Crippen LogP contribution in [-0.4, -0.2) is 13.0 Å². The van der Waals surface area contributed by atoms with Crippen LogP contribution in [0.3, 0.4) is 0 Å². The van der Waals surface area contributed by atoms with Crippen LogP contribution < -0.4 is 14.8 Å². The molecule has 0 fully saturated rings. The molecular formula is C20H19NO3S. The SMILES string of the molecule is COc1cc(CNC(=O)c2ccsc2)ccc1OCc1ccccc1. The molecule has 128 valence electrons. The molecule has 3 aromatic rings. The molecule has 0 saturated carbocycles. The Bertz CT molecular complexity index is 816. The number of thiophene rings is 1. The number of rotatable bonds is 7. The van der Waals surface area contributed by atoms with Gasteiger partial charge in [-0.05, 0) is 34.7 Å². The zero-order chi connectivity index (χ0) is 17.5. The lowest BCUT2D eigenvalue weighted by atomic mass is 10.2. The predicted molar refractivity (Wildman–Crippen MR) is 99.3 cm³/mol. The second-order valence-corrected chi connectivity index (χ2v) is 6.23. The van der Waals surface area contributed by atoms with E-state index in [0.717, 1.165) is 11.1 Å². The van der Waals surface area contributed by atoms with Gasteiger partial charge in [-0.25, -0.2) is 0 Å². The summed E-state index contributed by atoms with van der Waals surface area (Å²) in [5, 5.41) is 6.62. The molecule has 1 amide bonds. The third-order valence-corrected chi connectivity index (χ3v) is 4.38. The summed E-state index contributed by atoms with van der Waals surface area (Å²) in [5.74, 6) is 1.25. The summed E-state index contributed by atoms with van der Waals surface area (Å²) in [4.78, 5) is 12.0. The Morgan fingerprint density at radius 1 is 1.04 bits per heavy atom. The third-order valence-electron chi connectivity index (χ3n) is 3.70. The van der Waals surface area contributed by atoms with Crippen molar-refractivity contribution in [2.45, 2.75) is 13.2 Å². The first kappa shape index (κ1) is 17.0. The van der Waals surface area contributed by atoms with Gasteiger partial charge in [-0.15, -0.1) is 0 Å². The van der Waals surface area contributed by atoms with E-state index in [2.05, 4.69) is 5.32 Å². The molecule has 0 aliphatic carbocycles. The highest BCUT2D eigenvalue weighted by molar-refractivity contribution is 7.08. The van der Waals surface area contributed by atoms with Crippen LogP contribution in [-0.2, 0) is 13.2 Å². The number of carbonyl (C=O) groups is 1. The number of carbonyl (C=O) groups excluding carboxylic acids is 1. The lowest BCUT2D eigenvalue weighted by Gasteiger charge is -2.12. The van der Waals surface area contributed by atoms with Crippen LogP contribution in [0.25, 0.3) is 0 Å². The molecule has 4 nitrogen and oxygen atoms in total. The lowest BCUT2D eigenvalue weighted by Crippen LogP contribution is -2.22. The van der Waals surface area contributed by atoms with Crippen molar-refractivity contribution in [3.05, 3.63) is 82.0 Å². The summed E-state index contributed by atoms with van der Waals surface area (Å²) < 4.78 is 11.3. The monoisotopic (exact) mass is 353 g/mol. The van der Waals surface area contributed by atoms with Gasteiger partial charge in [0.05, 0.1) is 7.11 Å². The largest absolute Gasteiger partial charge is 0.493 e. The normalized spacial score (nSPS) is 10.3. The molecular weight excluding hydrogens is 334 g/mol. The highest BCUT2D eigenvalue weighted by atomic mass is 32.1. The van der Waals surface area contributed by atoms with E-state index in [4.69, 9.17) is 9.47 Å². The summed E-state index contributed by atoms with van der Waals surface area (Å²) in [6.07, 6.45) is 0. The van der Waals surface area contributed by atoms with Crippen molar-refractivity contribution in [3.63, 3.8) is 0 Å². The molecule has 3 rings (SSSR count). The van der Waals surface area contributed by atoms with Crippen molar-refractivity contribution in [1.29, 1.82) is 0 Å². The number of amides is 1. The fourth-order valence-electron chi connectivity index (χ4n) is 2.35. The van der Waals surface area contributed by atoms with E-state index in [9.17, 15) is 4.79 Å². The van der Waals surface area contributed by atoms with Crippen molar-refractivity contribution in [1.82, 2.24) is 5.32 Å². The fraction of sp³-hybridized carbons (Fsp3) is 0.150. The molecule has 0 bridgehead atoms. The first-order valence-corrected chi connectivity index (χ1v) is 8.84. The van der Waals surface area contributed by atoms with Gasteiger partial charge in [0.2, 0.25) is 0 Å². The molecule has 2 aromatic carbocycles. The van der Waals surface area contributed by atoms with Gasteiger partial charge in [-0.2, -0.15) is 11.3 Å². The molecule has 5 heteroatoms. The number of hydrogen-bond donors (Lipinski definition) is 1. The topological polar surface area (TPSA) is 47.6 Å². The van der Waals surface area contributed by atoms with E-state index >= 15 is 0 Å². The van der Waals surface area contributed by atoms with Crippen LogP contribution >= 0.6 is 11.3 Å². The molecule has 25 heavy (non-hydrogen) atoms. The van der Waals surface area contributed by atoms with E-state index in [1.54, 1.807) is 13.2 Å². The Morgan fingerprint density at radius 2 is 1.88 bits per heavy atom. The third kappa shape index (κ3) is 4.61. The minimum Gasteiger partial charge on any atom is -0.493 e. The van der Waals surface area contributed by atoms with Gasteiger partial charge in [-0.3, -0.25) is 4.79 Å². The number of benzene rings is 2. The van der Waals surface area contributed by atoms with Gasteiger partial charge in [-0.1, -0.05) is 36.4 Å². The Hall–Kier alpha value is -2.79. The van der Waals surface area contributed by atoms with Crippen LogP contribution in [0.15, 0.2) is 65.4 Å². The first-order valence-electron chi connectivity index (χ1n) is 7.90. The number of methoxy groups -OCH3 is 1. The van der Waals surface area contributed by atoms with E-state index in [1.807, 2.05) is 59.3 Å². The first-order chi connectivity index (χ1) is 12.3. The predicted octanol–water partition coefficient (Wildman–Crippen LogP) is 4.27. The Labute approximate surface area is 151 Å². The van der Waals surface area contributed by atoms with E-state index in [0.29, 0.717) is 30.2 Å². The van der Waals surface area contributed by atoms with Gasteiger partial charge in [0, 0.05) is 17.5 Å². The number of hydrogen-bond acceptors (Lipinski definition) is 4. The molecule has 1 heterocycles. The maximum atomic E-state index is 12.0. The lowest BCUT2D eigenvalue weighted by molar-refractivity contribution is 0.0951. The second kappa shape index (κ2) is 8.35. The minimum absolute atomic E-state index is 0.0791. The van der Waals surface area contributed by atoms with Crippen LogP contribution in [0.2, 0.25) is 0 Å². The Balaban J connectivity index is 1.62. The van der Waals surface area contributed by atoms with Crippen LogP contribution in [0.1, 0.15) is 21.5 Å². The van der Waals surface area contributed by atoms with Crippen LogP contribution in [0.4, 0.5) is 0 Å². The van der Waals surface area contributed by atoms with E-state index < -0.39 is 0 Å². The zero-order valence-corrected chi connectivity index (χ0v) is 14.7. The summed E-state index contributed by atoms with van der Waals surface area (Å²) in [6, 6.07) is 17.5. The molecule has 0 atom stereocenters. The molecule has 0 aliphatic rings. The highest BCUT2D eigenvalue weighted by Crippen LogP contribution is 2.28. The molecule has 0 unspecified atom stereocenters. The van der Waals surface area contributed by atoms with Gasteiger partial charge in [0.25, 0.3) is 5.91 Å². The summed E-state index contributed by atoms with van der Waals surface area (Å²) in [7, 11) is 1.61. The van der Waals surface area contributed by atoms with Crippen LogP contribution in [0.5, 0.6) is 11.5 Å². The van der Waals surface area contributed by atoms with Gasteiger partial charge >= 0.3 is 0 Å². The summed E-state index contributed by atoms with van der Waals surface area (Å²) in [5.41, 5.74) is 2.73. The minimum atomic E-state index is -0.0791. The van der Waals surface area contributed by atoms with Crippen molar-refractivity contribution in [2.75, 3.05) is 7.11 Å². The quantitative estimate of drug-likeness (QED) is 0.690. The average molecular weight is 353 g/mol. The molecule has 0 aliphatic heterocycles. The number of ether oxygens (including phenoxy) is 2. The number of nitrogens with one attached hydrogen (secondary N) is 1. The molecule has 0 spiro atoms. The standard InChI is InChI=1S/C20H19NO3S/c1-23-19-11-16(12-21-20(22)17-9-10-25-14-17)7-8-18(19)24-13-15-5-3-2-4-6-15/h2-11,14H,12-13H2,1H3,(H,21,22). The highest BCUT2D eigenvalue weighted by Gasteiger charge is 2.09. The average Bonchev–Trinajstić information content (AvgIpc) is 3.20. The van der Waals surface area contributed by atoms with Gasteiger partial charge in [0.15, 0.2) is 11.5 Å². The summed E-state index contributed by atoms with van der Waals surface area (Å²) in [6.45, 7) is 0.912. The Morgan fingerprint density at radius 3 is 2.60 bits per heavy atom. The van der Waals surface area contributed by atoms with Crippen LogP contribution in [0, 0.1) is 0 Å². The summed E-state index contributed by atoms with van der Waals surface area (Å²) >= 11 is 1.50. The maximum Gasteiger partial charge on any atom is 0.252 e. The van der Waals surface area contributed by atoms with Crippen molar-refractivity contribution < 1.29 is 14.3 Å². The fourth-order valence-corrected chi connectivity index (χ4v) is 2.99. The second-order valence-electron chi connectivity index (χ2n) is 5.45. The molecule has 1 N–H and O–H groups in total. The van der Waals surface area contributed by atoms with Crippen molar-refractivity contribution in [3.8, 4) is 11.5 Å². The van der Waals surface area contributed by atoms with Crippen molar-refractivity contribution in [2.24, 2.45) is 0 Å². The van der Waals surface area contributed by atoms with Gasteiger partial charge in [0.1, 0.15) is 6.61 Å². The molecule has 0 saturated heterocycles. The smallest absolute Gasteiger partial charge is 0.252 e. The molecule has 0 radical (unpaired) electrons. The van der Waals surface area contributed by atoms with E-state index in [-0.39, 0.29) is 5.91 Å². The zero-order valence-electron chi connectivity index (χ0n) is 13.9. The van der Waals surface area contributed by atoms with E-state index in [1.165, 1.54) is 11.3 Å². The van der Waals surface area contributed by atoms with Gasteiger partial charge < -0.3 is 14.8 Å². The molecule has 1 aromatic heterocycles. The Kier molecular flexibility index (Phi) is 5.69. The van der Waals surface area contributed by atoms with Crippen molar-refractivity contribution >= 4 is 17.2 Å². The maximum absolute atomic E-state index is 12.0.